The molecule has 10 aromatic rings. The molecule has 0 saturated heterocycles. The lowest BCUT2D eigenvalue weighted by Gasteiger charge is -2.35. The molecule has 1 aliphatic carbocycles. The number of hydrogen-bond acceptors (Lipinski definition) is 2. The molecular formula is C53H35NS. The SMILES string of the molecule is c1ccc(-c2ccc(N(c3ccc4c(c3)sc3ccccc34)c3cc4ccccc4c4c3-c3ccccc3C4(c3ccccc3)c3ccccc3)cc2)cc1. The van der Waals surface area contributed by atoms with Gasteiger partial charge in [0.15, 0.2) is 0 Å². The van der Waals surface area contributed by atoms with E-state index in [0.717, 1.165) is 11.4 Å². The van der Waals surface area contributed by atoms with E-state index in [1.54, 1.807) is 0 Å². The standard InChI is InChI=1S/C53H35NS/c1-4-16-36(17-5-1)37-28-30-41(31-29-37)54(42-32-33-45-44-24-13-15-27-49(44)55-50(45)35-42)48-34-38-18-10-11-23-43(38)52-51(48)46-25-12-14-26-47(46)53(52,39-19-6-2-7-20-39)40-21-8-3-9-22-40/h1-35H. The molecule has 0 saturated carbocycles. The van der Waals surface area contributed by atoms with E-state index in [4.69, 9.17) is 0 Å². The van der Waals surface area contributed by atoms with E-state index in [1.807, 2.05) is 11.3 Å². The molecule has 0 radical (unpaired) electrons. The lowest BCUT2D eigenvalue weighted by molar-refractivity contribution is 0.775. The smallest absolute Gasteiger partial charge is 0.0720 e. The van der Waals surface area contributed by atoms with Crippen LogP contribution in [0.2, 0.25) is 0 Å². The molecule has 0 amide bonds. The van der Waals surface area contributed by atoms with Crippen molar-refractivity contribution in [2.45, 2.75) is 5.41 Å². The lowest BCUT2D eigenvalue weighted by Crippen LogP contribution is -2.29. The van der Waals surface area contributed by atoms with Crippen molar-refractivity contribution in [3.8, 4) is 22.3 Å². The molecule has 0 bridgehead atoms. The highest BCUT2D eigenvalue weighted by molar-refractivity contribution is 7.25. The molecule has 11 rings (SSSR count). The van der Waals surface area contributed by atoms with Gasteiger partial charge in [-0.05, 0) is 86.1 Å². The number of fused-ring (bicyclic) bond motifs is 8. The Morgan fingerprint density at radius 3 is 1.71 bits per heavy atom. The van der Waals surface area contributed by atoms with Crippen LogP contribution in [0.3, 0.4) is 0 Å². The van der Waals surface area contributed by atoms with Gasteiger partial charge in [0.2, 0.25) is 0 Å². The molecule has 258 valence electrons. The molecule has 0 unspecified atom stereocenters. The van der Waals surface area contributed by atoms with Gasteiger partial charge in [-0.3, -0.25) is 0 Å². The van der Waals surface area contributed by atoms with Gasteiger partial charge in [-0.15, -0.1) is 11.3 Å². The normalized spacial score (nSPS) is 12.9. The van der Waals surface area contributed by atoms with Crippen LogP contribution in [0.5, 0.6) is 0 Å². The molecule has 55 heavy (non-hydrogen) atoms. The van der Waals surface area contributed by atoms with Gasteiger partial charge in [-0.1, -0.05) is 176 Å². The largest absolute Gasteiger partial charge is 0.310 e. The summed E-state index contributed by atoms with van der Waals surface area (Å²) >= 11 is 1.87. The van der Waals surface area contributed by atoms with Crippen LogP contribution in [0, 0.1) is 0 Å². The van der Waals surface area contributed by atoms with Crippen molar-refractivity contribution in [3.05, 3.63) is 235 Å². The van der Waals surface area contributed by atoms with Crippen molar-refractivity contribution in [1.29, 1.82) is 0 Å². The van der Waals surface area contributed by atoms with Crippen molar-refractivity contribution >= 4 is 59.3 Å². The van der Waals surface area contributed by atoms with Crippen molar-refractivity contribution < 1.29 is 0 Å². The molecule has 0 spiro atoms. The zero-order valence-electron chi connectivity index (χ0n) is 30.1. The van der Waals surface area contributed by atoms with Crippen molar-refractivity contribution in [2.24, 2.45) is 0 Å². The summed E-state index contributed by atoms with van der Waals surface area (Å²) < 4.78 is 2.59. The first-order valence-electron chi connectivity index (χ1n) is 18.9. The van der Waals surface area contributed by atoms with Crippen molar-refractivity contribution in [3.63, 3.8) is 0 Å². The third-order valence-corrected chi connectivity index (χ3v) is 12.6. The summed E-state index contributed by atoms with van der Waals surface area (Å²) in [6.07, 6.45) is 0. The molecule has 2 heteroatoms. The highest BCUT2D eigenvalue weighted by Crippen LogP contribution is 2.61. The van der Waals surface area contributed by atoms with Crippen molar-refractivity contribution in [2.75, 3.05) is 4.90 Å². The average molecular weight is 718 g/mol. The summed E-state index contributed by atoms with van der Waals surface area (Å²) in [7, 11) is 0. The van der Waals surface area contributed by atoms with Crippen molar-refractivity contribution in [1.82, 2.24) is 0 Å². The number of thiophene rings is 1. The van der Waals surface area contributed by atoms with Crippen LogP contribution in [0.15, 0.2) is 212 Å². The van der Waals surface area contributed by atoms with Crippen LogP contribution in [-0.2, 0) is 5.41 Å². The van der Waals surface area contributed by atoms with Gasteiger partial charge in [0.1, 0.15) is 0 Å². The second kappa shape index (κ2) is 12.7. The molecule has 9 aromatic carbocycles. The van der Waals surface area contributed by atoms with Gasteiger partial charge >= 0.3 is 0 Å². The highest BCUT2D eigenvalue weighted by atomic mass is 32.1. The first kappa shape index (κ1) is 31.8. The Morgan fingerprint density at radius 2 is 0.964 bits per heavy atom. The maximum Gasteiger partial charge on any atom is 0.0720 e. The molecule has 0 aliphatic heterocycles. The van der Waals surface area contributed by atoms with Crippen LogP contribution in [0.4, 0.5) is 17.1 Å². The van der Waals surface area contributed by atoms with Crippen LogP contribution in [0.1, 0.15) is 22.3 Å². The Morgan fingerprint density at radius 1 is 0.400 bits per heavy atom. The van der Waals surface area contributed by atoms with E-state index in [0.29, 0.717) is 0 Å². The minimum absolute atomic E-state index is 0.539. The third kappa shape index (κ3) is 4.85. The number of hydrogen-bond donors (Lipinski definition) is 0. The number of benzene rings is 9. The minimum atomic E-state index is -0.539. The van der Waals surface area contributed by atoms with Gasteiger partial charge in [0.05, 0.1) is 11.1 Å². The molecule has 1 heterocycles. The summed E-state index contributed by atoms with van der Waals surface area (Å²) in [6.45, 7) is 0. The first-order chi connectivity index (χ1) is 27.3. The molecule has 1 aliphatic rings. The van der Waals surface area contributed by atoms with E-state index in [2.05, 4.69) is 217 Å². The number of rotatable bonds is 6. The second-order valence-electron chi connectivity index (χ2n) is 14.4. The summed E-state index contributed by atoms with van der Waals surface area (Å²) in [6, 6.07) is 78.4. The first-order valence-corrected chi connectivity index (χ1v) is 19.7. The van der Waals surface area contributed by atoms with E-state index in [-0.39, 0.29) is 0 Å². The second-order valence-corrected chi connectivity index (χ2v) is 15.5. The van der Waals surface area contributed by atoms with E-state index >= 15 is 0 Å². The Balaban J connectivity index is 1.26. The number of nitrogens with zero attached hydrogens (tertiary/aromatic N) is 1. The Hall–Kier alpha value is -6.74. The summed E-state index contributed by atoms with van der Waals surface area (Å²) in [5.41, 5.74) is 13.0. The average Bonchev–Trinajstić information content (AvgIpc) is 3.79. The predicted molar refractivity (Wildman–Crippen MR) is 234 cm³/mol. The van der Waals surface area contributed by atoms with Gasteiger partial charge in [0.25, 0.3) is 0 Å². The maximum absolute atomic E-state index is 2.51. The topological polar surface area (TPSA) is 3.24 Å². The van der Waals surface area contributed by atoms with Crippen LogP contribution in [-0.4, -0.2) is 0 Å². The summed E-state index contributed by atoms with van der Waals surface area (Å²) in [4.78, 5) is 2.51. The third-order valence-electron chi connectivity index (χ3n) is 11.5. The molecule has 1 aromatic heterocycles. The molecular weight excluding hydrogens is 683 g/mol. The van der Waals surface area contributed by atoms with Crippen LogP contribution >= 0.6 is 11.3 Å². The van der Waals surface area contributed by atoms with Gasteiger partial charge in [0, 0.05) is 37.1 Å². The maximum atomic E-state index is 2.51. The highest BCUT2D eigenvalue weighted by Gasteiger charge is 2.48. The Kier molecular flexibility index (Phi) is 7.33. The molecule has 0 atom stereocenters. The molecule has 0 fully saturated rings. The fourth-order valence-electron chi connectivity index (χ4n) is 9.19. The van der Waals surface area contributed by atoms with E-state index in [1.165, 1.54) is 81.1 Å². The monoisotopic (exact) mass is 717 g/mol. The van der Waals surface area contributed by atoms with Crippen LogP contribution in [0.25, 0.3) is 53.2 Å². The molecule has 0 N–H and O–H groups in total. The van der Waals surface area contributed by atoms with Gasteiger partial charge in [-0.25, -0.2) is 0 Å². The zero-order valence-corrected chi connectivity index (χ0v) is 30.9. The zero-order chi connectivity index (χ0) is 36.3. The fourth-order valence-corrected chi connectivity index (χ4v) is 10.3. The van der Waals surface area contributed by atoms with E-state index < -0.39 is 5.41 Å². The number of anilines is 3. The van der Waals surface area contributed by atoms with Crippen LogP contribution < -0.4 is 4.90 Å². The van der Waals surface area contributed by atoms with Gasteiger partial charge in [-0.2, -0.15) is 0 Å². The molecule has 1 nitrogen and oxygen atoms in total. The summed E-state index contributed by atoms with van der Waals surface area (Å²) in [5, 5.41) is 5.09. The summed E-state index contributed by atoms with van der Waals surface area (Å²) in [5.74, 6) is 0. The quantitative estimate of drug-likeness (QED) is 0.166. The fraction of sp³-hybridized carbons (Fsp3) is 0.0189. The predicted octanol–water partition coefficient (Wildman–Crippen LogP) is 14.7. The van der Waals surface area contributed by atoms with Gasteiger partial charge < -0.3 is 4.90 Å². The van der Waals surface area contributed by atoms with E-state index in [9.17, 15) is 0 Å². The Bertz CT molecular complexity index is 2980. The minimum Gasteiger partial charge on any atom is -0.310 e. The Labute approximate surface area is 325 Å². The lowest BCUT2D eigenvalue weighted by atomic mass is 9.66.